The summed E-state index contributed by atoms with van der Waals surface area (Å²) in [6, 6.07) is 0. The molecule has 84 valence electrons. The Bertz CT molecular complexity index is 178. The minimum Gasteiger partial charge on any atom is -0.325 e. The molecule has 0 aliphatic heterocycles. The van der Waals surface area contributed by atoms with E-state index in [0.717, 1.165) is 11.8 Å². The van der Waals surface area contributed by atoms with Crippen molar-refractivity contribution >= 4 is 0 Å². The smallest absolute Gasteiger partial charge is 0.0182 e. The van der Waals surface area contributed by atoms with Gasteiger partial charge in [0.2, 0.25) is 0 Å². The summed E-state index contributed by atoms with van der Waals surface area (Å²) in [6.45, 7) is 9.33. The van der Waals surface area contributed by atoms with Gasteiger partial charge in [0.25, 0.3) is 0 Å². The Labute approximate surface area is 89.5 Å². The summed E-state index contributed by atoms with van der Waals surface area (Å²) in [6.07, 6.45) is 6.35. The lowest BCUT2D eigenvalue weighted by Crippen LogP contribution is -2.50. The van der Waals surface area contributed by atoms with Crippen LogP contribution in [0.5, 0.6) is 0 Å². The van der Waals surface area contributed by atoms with Gasteiger partial charge in [-0.1, -0.05) is 34.1 Å². The maximum atomic E-state index is 6.54. The summed E-state index contributed by atoms with van der Waals surface area (Å²) in [5.74, 6) is 2.39. The summed E-state index contributed by atoms with van der Waals surface area (Å²) >= 11 is 0. The van der Waals surface area contributed by atoms with Crippen molar-refractivity contribution in [2.24, 2.45) is 23.5 Å². The highest BCUT2D eigenvalue weighted by atomic mass is 14.8. The van der Waals surface area contributed by atoms with Gasteiger partial charge in [0.15, 0.2) is 0 Å². The Morgan fingerprint density at radius 3 is 2.50 bits per heavy atom. The number of rotatable bonds is 3. The Morgan fingerprint density at radius 1 is 1.36 bits per heavy atom. The molecule has 0 aromatic rings. The van der Waals surface area contributed by atoms with Gasteiger partial charge in [0.1, 0.15) is 0 Å². The van der Waals surface area contributed by atoms with Crippen LogP contribution in [0.3, 0.4) is 0 Å². The first-order valence-electron chi connectivity index (χ1n) is 6.28. The highest BCUT2D eigenvalue weighted by Gasteiger charge is 2.37. The van der Waals surface area contributed by atoms with Crippen molar-refractivity contribution in [3.63, 3.8) is 0 Å². The lowest BCUT2D eigenvalue weighted by atomic mass is 9.66. The fourth-order valence-electron chi connectivity index (χ4n) is 2.85. The lowest BCUT2D eigenvalue weighted by Gasteiger charge is -2.44. The van der Waals surface area contributed by atoms with Crippen LogP contribution in [0.2, 0.25) is 0 Å². The Hall–Kier alpha value is -0.0400. The van der Waals surface area contributed by atoms with Gasteiger partial charge in [-0.15, -0.1) is 0 Å². The van der Waals surface area contributed by atoms with E-state index in [4.69, 9.17) is 5.73 Å². The van der Waals surface area contributed by atoms with E-state index in [9.17, 15) is 0 Å². The number of hydrogen-bond donors (Lipinski definition) is 1. The molecule has 0 heterocycles. The molecule has 1 aliphatic carbocycles. The molecule has 4 atom stereocenters. The first kappa shape index (κ1) is 12.0. The van der Waals surface area contributed by atoms with Crippen LogP contribution in [0.1, 0.15) is 59.8 Å². The first-order valence-corrected chi connectivity index (χ1v) is 6.28. The van der Waals surface area contributed by atoms with E-state index in [1.807, 2.05) is 0 Å². The van der Waals surface area contributed by atoms with Crippen LogP contribution in [0, 0.1) is 17.8 Å². The van der Waals surface area contributed by atoms with Crippen LogP contribution >= 0.6 is 0 Å². The first-order chi connectivity index (χ1) is 6.49. The highest BCUT2D eigenvalue weighted by Crippen LogP contribution is 2.39. The van der Waals surface area contributed by atoms with Gasteiger partial charge in [-0.05, 0) is 43.4 Å². The third kappa shape index (κ3) is 2.50. The molecule has 0 bridgehead atoms. The van der Waals surface area contributed by atoms with Gasteiger partial charge in [0.05, 0.1) is 0 Å². The predicted octanol–water partition coefficient (Wildman–Crippen LogP) is 3.58. The molecule has 0 radical (unpaired) electrons. The second-order valence-electron chi connectivity index (χ2n) is 5.62. The average molecular weight is 197 g/mol. The molecule has 0 saturated heterocycles. The van der Waals surface area contributed by atoms with Crippen molar-refractivity contribution in [1.29, 1.82) is 0 Å². The van der Waals surface area contributed by atoms with Crippen molar-refractivity contribution in [2.45, 2.75) is 65.3 Å². The molecule has 4 unspecified atom stereocenters. The molecule has 1 rings (SSSR count). The van der Waals surface area contributed by atoms with Gasteiger partial charge >= 0.3 is 0 Å². The molecule has 1 aliphatic rings. The van der Waals surface area contributed by atoms with Crippen molar-refractivity contribution < 1.29 is 0 Å². The van der Waals surface area contributed by atoms with E-state index in [1.165, 1.54) is 32.1 Å². The van der Waals surface area contributed by atoms with Crippen molar-refractivity contribution in [3.8, 4) is 0 Å². The predicted molar refractivity (Wildman–Crippen MR) is 63.2 cm³/mol. The average Bonchev–Trinajstić information content (AvgIpc) is 2.13. The van der Waals surface area contributed by atoms with E-state index in [2.05, 4.69) is 27.7 Å². The molecule has 0 aromatic heterocycles. The fourth-order valence-corrected chi connectivity index (χ4v) is 2.85. The molecular formula is C13H27N. The zero-order valence-corrected chi connectivity index (χ0v) is 10.3. The van der Waals surface area contributed by atoms with Crippen molar-refractivity contribution in [2.75, 3.05) is 0 Å². The normalized spacial score (nSPS) is 40.9. The minimum atomic E-state index is 0.141. The standard InChI is InChI=1S/C13H27N/c1-5-6-12(4)13(14)8-7-10(2)11(3)9-13/h10-12H,5-9,14H2,1-4H3. The van der Waals surface area contributed by atoms with E-state index in [1.54, 1.807) is 0 Å². The quantitative estimate of drug-likeness (QED) is 0.735. The van der Waals surface area contributed by atoms with Crippen molar-refractivity contribution in [1.82, 2.24) is 0 Å². The van der Waals surface area contributed by atoms with E-state index < -0.39 is 0 Å². The van der Waals surface area contributed by atoms with Crippen LogP contribution in [0.4, 0.5) is 0 Å². The third-order valence-corrected chi connectivity index (χ3v) is 4.44. The molecule has 0 aromatic carbocycles. The molecular weight excluding hydrogens is 170 g/mol. The summed E-state index contributed by atoms with van der Waals surface area (Å²) < 4.78 is 0. The van der Waals surface area contributed by atoms with Gasteiger partial charge in [-0.25, -0.2) is 0 Å². The van der Waals surface area contributed by atoms with Gasteiger partial charge in [0, 0.05) is 5.54 Å². The van der Waals surface area contributed by atoms with Crippen LogP contribution < -0.4 is 5.73 Å². The SMILES string of the molecule is CCCC(C)C1(N)CCC(C)C(C)C1. The Morgan fingerprint density at radius 2 is 2.00 bits per heavy atom. The van der Waals surface area contributed by atoms with Crippen LogP contribution in [-0.2, 0) is 0 Å². The highest BCUT2D eigenvalue weighted by molar-refractivity contribution is 4.95. The van der Waals surface area contributed by atoms with Gasteiger partial charge < -0.3 is 5.73 Å². The monoisotopic (exact) mass is 197 g/mol. The van der Waals surface area contributed by atoms with E-state index >= 15 is 0 Å². The second-order valence-corrected chi connectivity index (χ2v) is 5.62. The van der Waals surface area contributed by atoms with Gasteiger partial charge in [-0.2, -0.15) is 0 Å². The Balaban J connectivity index is 2.57. The van der Waals surface area contributed by atoms with Crippen LogP contribution in [-0.4, -0.2) is 5.54 Å². The molecule has 0 spiro atoms. The molecule has 1 nitrogen and oxygen atoms in total. The summed E-state index contributed by atoms with van der Waals surface area (Å²) in [5.41, 5.74) is 6.68. The molecule has 2 N–H and O–H groups in total. The molecule has 1 saturated carbocycles. The molecule has 0 amide bonds. The van der Waals surface area contributed by atoms with Crippen molar-refractivity contribution in [3.05, 3.63) is 0 Å². The van der Waals surface area contributed by atoms with E-state index in [0.29, 0.717) is 5.92 Å². The van der Waals surface area contributed by atoms with E-state index in [-0.39, 0.29) is 5.54 Å². The second kappa shape index (κ2) is 4.65. The molecule has 14 heavy (non-hydrogen) atoms. The maximum Gasteiger partial charge on any atom is 0.0182 e. The molecule has 1 fully saturated rings. The number of hydrogen-bond acceptors (Lipinski definition) is 1. The largest absolute Gasteiger partial charge is 0.325 e. The topological polar surface area (TPSA) is 26.0 Å². The maximum absolute atomic E-state index is 6.54. The minimum absolute atomic E-state index is 0.141. The fraction of sp³-hybridized carbons (Fsp3) is 1.00. The lowest BCUT2D eigenvalue weighted by molar-refractivity contribution is 0.123. The number of nitrogens with two attached hydrogens (primary N) is 1. The summed E-state index contributed by atoms with van der Waals surface area (Å²) in [5, 5.41) is 0. The summed E-state index contributed by atoms with van der Waals surface area (Å²) in [4.78, 5) is 0. The summed E-state index contributed by atoms with van der Waals surface area (Å²) in [7, 11) is 0. The zero-order chi connectivity index (χ0) is 10.8. The zero-order valence-electron chi connectivity index (χ0n) is 10.3. The van der Waals surface area contributed by atoms with Crippen LogP contribution in [0.15, 0.2) is 0 Å². The third-order valence-electron chi connectivity index (χ3n) is 4.44. The molecule has 1 heteroatoms. The van der Waals surface area contributed by atoms with Crippen LogP contribution in [0.25, 0.3) is 0 Å². The van der Waals surface area contributed by atoms with Gasteiger partial charge in [-0.3, -0.25) is 0 Å². The Kier molecular flexibility index (Phi) is 4.00.